The van der Waals surface area contributed by atoms with Gasteiger partial charge in [0.1, 0.15) is 0 Å². The topological polar surface area (TPSA) is 0 Å². The molecule has 1 aliphatic carbocycles. The van der Waals surface area contributed by atoms with E-state index in [1.165, 1.54) is 65.3 Å². The SMILES string of the molecule is CC1(C)c2cc3cc4ccccc4cc3cc2-c2cc3cc4ccccc4cc3cc21. The zero-order chi connectivity index (χ0) is 20.7. The Morgan fingerprint density at radius 3 is 1.06 bits per heavy atom. The highest BCUT2D eigenvalue weighted by molar-refractivity contribution is 6.05. The Balaban J connectivity index is 1.56. The first-order valence-electron chi connectivity index (χ1n) is 11.0. The van der Waals surface area contributed by atoms with Gasteiger partial charge in [0, 0.05) is 5.41 Å². The molecular formula is C31H22. The van der Waals surface area contributed by atoms with Crippen LogP contribution in [0.1, 0.15) is 25.0 Å². The molecule has 146 valence electrons. The summed E-state index contributed by atoms with van der Waals surface area (Å²) >= 11 is 0. The molecule has 0 bridgehead atoms. The molecule has 0 nitrogen and oxygen atoms in total. The van der Waals surface area contributed by atoms with Crippen molar-refractivity contribution in [3.8, 4) is 11.1 Å². The van der Waals surface area contributed by atoms with E-state index in [9.17, 15) is 0 Å². The third kappa shape index (κ3) is 2.31. The Morgan fingerprint density at radius 1 is 0.387 bits per heavy atom. The van der Waals surface area contributed by atoms with E-state index in [1.807, 2.05) is 0 Å². The smallest absolute Gasteiger partial charge is 0.0159 e. The number of hydrogen-bond acceptors (Lipinski definition) is 0. The average Bonchev–Trinajstić information content (AvgIpc) is 2.99. The van der Waals surface area contributed by atoms with E-state index in [1.54, 1.807) is 0 Å². The van der Waals surface area contributed by atoms with Crippen LogP contribution in [0.5, 0.6) is 0 Å². The van der Waals surface area contributed by atoms with Crippen LogP contribution in [0.15, 0.2) is 97.1 Å². The molecule has 7 rings (SSSR count). The molecule has 0 aromatic heterocycles. The van der Waals surface area contributed by atoms with Gasteiger partial charge in [-0.1, -0.05) is 62.4 Å². The fourth-order valence-electron chi connectivity index (χ4n) is 5.61. The molecular weight excluding hydrogens is 372 g/mol. The van der Waals surface area contributed by atoms with Crippen LogP contribution < -0.4 is 0 Å². The van der Waals surface area contributed by atoms with E-state index in [0.717, 1.165) is 0 Å². The monoisotopic (exact) mass is 394 g/mol. The molecule has 0 N–H and O–H groups in total. The van der Waals surface area contributed by atoms with E-state index in [4.69, 9.17) is 0 Å². The molecule has 0 heteroatoms. The molecule has 31 heavy (non-hydrogen) atoms. The van der Waals surface area contributed by atoms with Gasteiger partial charge in [0.25, 0.3) is 0 Å². The predicted molar refractivity (Wildman–Crippen MR) is 134 cm³/mol. The third-order valence-electron chi connectivity index (χ3n) is 7.32. The highest BCUT2D eigenvalue weighted by Gasteiger charge is 2.36. The van der Waals surface area contributed by atoms with Gasteiger partial charge in [0.05, 0.1) is 0 Å². The maximum Gasteiger partial charge on any atom is 0.0159 e. The molecule has 0 atom stereocenters. The lowest BCUT2D eigenvalue weighted by molar-refractivity contribution is 0.662. The molecule has 0 aliphatic heterocycles. The second-order valence-electron chi connectivity index (χ2n) is 9.51. The van der Waals surface area contributed by atoms with Crippen LogP contribution in [-0.2, 0) is 5.41 Å². The average molecular weight is 395 g/mol. The van der Waals surface area contributed by atoms with Gasteiger partial charge in [-0.2, -0.15) is 0 Å². The quantitative estimate of drug-likeness (QED) is 0.226. The molecule has 0 saturated heterocycles. The van der Waals surface area contributed by atoms with Gasteiger partial charge in [-0.05, 0) is 114 Å². The van der Waals surface area contributed by atoms with Crippen molar-refractivity contribution in [3.05, 3.63) is 108 Å². The third-order valence-corrected chi connectivity index (χ3v) is 7.32. The zero-order valence-electron chi connectivity index (χ0n) is 17.7. The number of fused-ring (bicyclic) bond motifs is 7. The minimum Gasteiger partial charge on any atom is -0.0616 e. The van der Waals surface area contributed by atoms with Crippen LogP contribution >= 0.6 is 0 Å². The zero-order valence-corrected chi connectivity index (χ0v) is 17.7. The Bertz CT molecular complexity index is 1570. The van der Waals surface area contributed by atoms with E-state index < -0.39 is 0 Å². The molecule has 1 aliphatic rings. The largest absolute Gasteiger partial charge is 0.0616 e. The Labute approximate surface area is 181 Å². The lowest BCUT2D eigenvalue weighted by Crippen LogP contribution is -2.14. The van der Waals surface area contributed by atoms with Crippen molar-refractivity contribution in [3.63, 3.8) is 0 Å². The Hall–Kier alpha value is -3.64. The summed E-state index contributed by atoms with van der Waals surface area (Å²) in [6.07, 6.45) is 0. The maximum absolute atomic E-state index is 2.43. The number of rotatable bonds is 0. The molecule has 0 amide bonds. The summed E-state index contributed by atoms with van der Waals surface area (Å²) < 4.78 is 0. The van der Waals surface area contributed by atoms with Crippen molar-refractivity contribution >= 4 is 43.1 Å². The number of benzene rings is 6. The summed E-state index contributed by atoms with van der Waals surface area (Å²) in [6, 6.07) is 36.4. The van der Waals surface area contributed by atoms with Gasteiger partial charge in [0.2, 0.25) is 0 Å². The van der Waals surface area contributed by atoms with Crippen molar-refractivity contribution in [1.29, 1.82) is 0 Å². The highest BCUT2D eigenvalue weighted by Crippen LogP contribution is 2.51. The molecule has 0 saturated carbocycles. The highest BCUT2D eigenvalue weighted by atomic mass is 14.4. The molecule has 0 spiro atoms. The molecule has 0 heterocycles. The van der Waals surface area contributed by atoms with Crippen molar-refractivity contribution in [2.45, 2.75) is 19.3 Å². The summed E-state index contributed by atoms with van der Waals surface area (Å²) in [5.41, 5.74) is 5.63. The first-order chi connectivity index (χ1) is 15.1. The normalized spacial score (nSPS) is 14.4. The van der Waals surface area contributed by atoms with Crippen LogP contribution in [-0.4, -0.2) is 0 Å². The van der Waals surface area contributed by atoms with E-state index in [-0.39, 0.29) is 5.41 Å². The van der Waals surface area contributed by atoms with Gasteiger partial charge >= 0.3 is 0 Å². The molecule has 6 aromatic carbocycles. The van der Waals surface area contributed by atoms with Crippen LogP contribution in [0.25, 0.3) is 54.2 Å². The van der Waals surface area contributed by atoms with E-state index >= 15 is 0 Å². The van der Waals surface area contributed by atoms with Crippen molar-refractivity contribution in [2.75, 3.05) is 0 Å². The molecule has 0 radical (unpaired) electrons. The summed E-state index contributed by atoms with van der Waals surface area (Å²) in [4.78, 5) is 0. The van der Waals surface area contributed by atoms with Crippen LogP contribution in [0.4, 0.5) is 0 Å². The first-order valence-corrected chi connectivity index (χ1v) is 11.0. The van der Waals surface area contributed by atoms with Gasteiger partial charge in [-0.15, -0.1) is 0 Å². The summed E-state index contributed by atoms with van der Waals surface area (Å²) in [5, 5.41) is 10.5. The second-order valence-corrected chi connectivity index (χ2v) is 9.51. The van der Waals surface area contributed by atoms with Crippen LogP contribution in [0.2, 0.25) is 0 Å². The fourth-order valence-corrected chi connectivity index (χ4v) is 5.61. The minimum absolute atomic E-state index is 0.00959. The number of hydrogen-bond donors (Lipinski definition) is 0. The van der Waals surface area contributed by atoms with Crippen molar-refractivity contribution < 1.29 is 0 Å². The maximum atomic E-state index is 2.43. The van der Waals surface area contributed by atoms with Crippen molar-refractivity contribution in [2.24, 2.45) is 0 Å². The lowest BCUT2D eigenvalue weighted by atomic mass is 9.81. The standard InChI is InChI=1S/C31H22/c1-31(2)29-17-25-13-21-9-5-3-7-19(21)11-23(25)15-27(29)28-16-24-12-20-8-4-6-10-22(20)14-26(24)18-30(28)31/h3-18H,1-2H3. The molecule has 0 unspecified atom stereocenters. The summed E-state index contributed by atoms with van der Waals surface area (Å²) in [5.74, 6) is 0. The Morgan fingerprint density at radius 2 is 0.710 bits per heavy atom. The molecule has 0 fully saturated rings. The fraction of sp³-hybridized carbons (Fsp3) is 0.0968. The van der Waals surface area contributed by atoms with Crippen LogP contribution in [0, 0.1) is 0 Å². The predicted octanol–water partition coefficient (Wildman–Crippen LogP) is 8.61. The Kier molecular flexibility index (Phi) is 3.16. The van der Waals surface area contributed by atoms with Gasteiger partial charge < -0.3 is 0 Å². The van der Waals surface area contributed by atoms with E-state index in [2.05, 4.69) is 111 Å². The van der Waals surface area contributed by atoms with Gasteiger partial charge in [-0.25, -0.2) is 0 Å². The lowest BCUT2D eigenvalue weighted by Gasteiger charge is -2.22. The molecule has 6 aromatic rings. The van der Waals surface area contributed by atoms with Crippen molar-refractivity contribution in [1.82, 2.24) is 0 Å². The minimum atomic E-state index is -0.00959. The van der Waals surface area contributed by atoms with Gasteiger partial charge in [-0.3, -0.25) is 0 Å². The summed E-state index contributed by atoms with van der Waals surface area (Å²) in [7, 11) is 0. The van der Waals surface area contributed by atoms with Crippen LogP contribution in [0.3, 0.4) is 0 Å². The summed E-state index contributed by atoms with van der Waals surface area (Å²) in [6.45, 7) is 4.74. The van der Waals surface area contributed by atoms with E-state index in [0.29, 0.717) is 0 Å². The van der Waals surface area contributed by atoms with Gasteiger partial charge in [0.15, 0.2) is 0 Å². The second kappa shape index (κ2) is 5.74. The first kappa shape index (κ1) is 17.1.